The molecule has 3 rings (SSSR count). The van der Waals surface area contributed by atoms with Gasteiger partial charge in [0.2, 0.25) is 0 Å². The Labute approximate surface area is 128 Å². The van der Waals surface area contributed by atoms with Gasteiger partial charge < -0.3 is 0 Å². The summed E-state index contributed by atoms with van der Waals surface area (Å²) >= 11 is 3.43. The summed E-state index contributed by atoms with van der Waals surface area (Å²) in [5.41, 5.74) is 4.22. The molecule has 1 atom stereocenters. The van der Waals surface area contributed by atoms with E-state index in [-0.39, 0.29) is 5.78 Å². The number of ketones is 1. The minimum absolute atomic E-state index is 0.219. The minimum Gasteiger partial charge on any atom is -0.289 e. The van der Waals surface area contributed by atoms with E-state index in [0.717, 1.165) is 40.4 Å². The SMILES string of the molecule is CC1C=C2C(=O)/C(=C/c3ccc(Br)cc3)CCC2=CC1. The molecular formula is C18H17BrO. The van der Waals surface area contributed by atoms with Crippen LogP contribution in [0, 0.1) is 5.92 Å². The molecule has 1 unspecified atom stereocenters. The number of halogens is 1. The first kappa shape index (κ1) is 13.6. The average Bonchev–Trinajstić information content (AvgIpc) is 2.45. The van der Waals surface area contributed by atoms with Crippen LogP contribution < -0.4 is 0 Å². The molecule has 0 bridgehead atoms. The van der Waals surface area contributed by atoms with Gasteiger partial charge in [-0.1, -0.05) is 47.1 Å². The lowest BCUT2D eigenvalue weighted by atomic mass is 9.79. The Balaban J connectivity index is 1.91. The molecule has 0 N–H and O–H groups in total. The van der Waals surface area contributed by atoms with Crippen molar-refractivity contribution in [1.82, 2.24) is 0 Å². The van der Waals surface area contributed by atoms with E-state index in [9.17, 15) is 4.79 Å². The molecule has 1 aromatic carbocycles. The lowest BCUT2D eigenvalue weighted by molar-refractivity contribution is -0.112. The summed E-state index contributed by atoms with van der Waals surface area (Å²) in [6.07, 6.45) is 9.34. The molecule has 1 aromatic rings. The van der Waals surface area contributed by atoms with E-state index in [2.05, 4.69) is 35.0 Å². The van der Waals surface area contributed by atoms with Gasteiger partial charge in [0.1, 0.15) is 0 Å². The van der Waals surface area contributed by atoms with Gasteiger partial charge in [-0.25, -0.2) is 0 Å². The zero-order valence-electron chi connectivity index (χ0n) is 11.5. The summed E-state index contributed by atoms with van der Waals surface area (Å²) in [6.45, 7) is 2.17. The van der Waals surface area contributed by atoms with Crippen molar-refractivity contribution in [2.24, 2.45) is 5.92 Å². The molecule has 20 heavy (non-hydrogen) atoms. The highest BCUT2D eigenvalue weighted by molar-refractivity contribution is 9.10. The molecule has 1 fully saturated rings. The van der Waals surface area contributed by atoms with Crippen LogP contribution in [0.1, 0.15) is 31.7 Å². The number of Topliss-reactive ketones (excluding diaryl/α,β-unsaturated/α-hetero) is 1. The Kier molecular flexibility index (Phi) is 3.75. The van der Waals surface area contributed by atoms with E-state index in [1.54, 1.807) is 0 Å². The molecule has 0 heterocycles. The van der Waals surface area contributed by atoms with Crippen LogP contribution >= 0.6 is 15.9 Å². The summed E-state index contributed by atoms with van der Waals surface area (Å²) in [5.74, 6) is 0.696. The molecule has 1 nitrogen and oxygen atoms in total. The van der Waals surface area contributed by atoms with Gasteiger partial charge in [0, 0.05) is 15.6 Å². The van der Waals surface area contributed by atoms with Crippen molar-refractivity contribution in [1.29, 1.82) is 0 Å². The zero-order chi connectivity index (χ0) is 14.1. The van der Waals surface area contributed by atoms with E-state index in [4.69, 9.17) is 0 Å². The van der Waals surface area contributed by atoms with Crippen molar-refractivity contribution < 1.29 is 4.79 Å². The number of benzene rings is 1. The normalized spacial score (nSPS) is 24.2. The highest BCUT2D eigenvalue weighted by atomic mass is 79.9. The number of hydrogen-bond donors (Lipinski definition) is 0. The Hall–Kier alpha value is -1.41. The first-order chi connectivity index (χ1) is 9.63. The maximum Gasteiger partial charge on any atom is 0.188 e. The third kappa shape index (κ3) is 2.71. The van der Waals surface area contributed by atoms with Gasteiger partial charge in [-0.05, 0) is 54.5 Å². The van der Waals surface area contributed by atoms with Crippen molar-refractivity contribution in [2.45, 2.75) is 26.2 Å². The monoisotopic (exact) mass is 328 g/mol. The van der Waals surface area contributed by atoms with Gasteiger partial charge in [0.05, 0.1) is 0 Å². The molecule has 0 saturated heterocycles. The summed E-state index contributed by atoms with van der Waals surface area (Å²) in [7, 11) is 0. The van der Waals surface area contributed by atoms with Crippen molar-refractivity contribution in [3.05, 3.63) is 63.2 Å². The van der Waals surface area contributed by atoms with Crippen LogP contribution in [0.5, 0.6) is 0 Å². The summed E-state index contributed by atoms with van der Waals surface area (Å²) < 4.78 is 1.06. The molecule has 0 aromatic heterocycles. The number of hydrogen-bond acceptors (Lipinski definition) is 1. The number of carbonyl (C=O) groups excluding carboxylic acids is 1. The molecule has 0 spiro atoms. The Morgan fingerprint density at radius 3 is 2.70 bits per heavy atom. The molecule has 0 amide bonds. The quantitative estimate of drug-likeness (QED) is 0.656. The maximum absolute atomic E-state index is 12.6. The first-order valence-electron chi connectivity index (χ1n) is 7.05. The van der Waals surface area contributed by atoms with Crippen molar-refractivity contribution in [3.63, 3.8) is 0 Å². The molecular weight excluding hydrogens is 312 g/mol. The first-order valence-corrected chi connectivity index (χ1v) is 7.85. The van der Waals surface area contributed by atoms with Crippen molar-refractivity contribution in [3.8, 4) is 0 Å². The van der Waals surface area contributed by atoms with Crippen LogP contribution in [0.4, 0.5) is 0 Å². The van der Waals surface area contributed by atoms with Crippen LogP contribution in [0.2, 0.25) is 0 Å². The van der Waals surface area contributed by atoms with Gasteiger partial charge in [-0.2, -0.15) is 0 Å². The Bertz CT molecular complexity index is 632. The average molecular weight is 329 g/mol. The largest absolute Gasteiger partial charge is 0.289 e. The molecule has 102 valence electrons. The Morgan fingerprint density at radius 2 is 1.95 bits per heavy atom. The van der Waals surface area contributed by atoms with Crippen LogP contribution in [0.25, 0.3) is 6.08 Å². The molecule has 2 aliphatic carbocycles. The number of allylic oxidation sites excluding steroid dienone is 5. The second-order valence-corrected chi connectivity index (χ2v) is 6.49. The third-order valence-electron chi connectivity index (χ3n) is 3.94. The maximum atomic E-state index is 12.6. The third-order valence-corrected chi connectivity index (χ3v) is 4.47. The lowest BCUT2D eigenvalue weighted by Gasteiger charge is -2.24. The molecule has 2 heteroatoms. The highest BCUT2D eigenvalue weighted by Crippen LogP contribution is 2.35. The topological polar surface area (TPSA) is 17.1 Å². The van der Waals surface area contributed by atoms with Gasteiger partial charge >= 0.3 is 0 Å². The van der Waals surface area contributed by atoms with Crippen molar-refractivity contribution >= 4 is 27.8 Å². The molecule has 0 radical (unpaired) electrons. The molecule has 0 aliphatic heterocycles. The smallest absolute Gasteiger partial charge is 0.188 e. The van der Waals surface area contributed by atoms with Gasteiger partial charge in [-0.3, -0.25) is 4.79 Å². The van der Waals surface area contributed by atoms with E-state index in [0.29, 0.717) is 5.92 Å². The van der Waals surface area contributed by atoms with Gasteiger partial charge in [0.15, 0.2) is 5.78 Å². The highest BCUT2D eigenvalue weighted by Gasteiger charge is 2.26. The second kappa shape index (κ2) is 5.53. The summed E-state index contributed by atoms with van der Waals surface area (Å²) in [4.78, 5) is 12.6. The van der Waals surface area contributed by atoms with Gasteiger partial charge in [0.25, 0.3) is 0 Å². The number of fused-ring (bicyclic) bond motifs is 1. The predicted octanol–water partition coefficient (Wildman–Crippen LogP) is 5.09. The molecule has 1 saturated carbocycles. The van der Waals surface area contributed by atoms with Crippen LogP contribution in [-0.4, -0.2) is 5.78 Å². The van der Waals surface area contributed by atoms with E-state index in [1.807, 2.05) is 30.3 Å². The number of rotatable bonds is 1. The minimum atomic E-state index is 0.219. The van der Waals surface area contributed by atoms with Crippen LogP contribution in [0.15, 0.2) is 57.6 Å². The number of carbonyl (C=O) groups is 1. The fourth-order valence-corrected chi connectivity index (χ4v) is 3.07. The van der Waals surface area contributed by atoms with Gasteiger partial charge in [-0.15, -0.1) is 0 Å². The zero-order valence-corrected chi connectivity index (χ0v) is 13.1. The lowest BCUT2D eigenvalue weighted by Crippen LogP contribution is -2.18. The second-order valence-electron chi connectivity index (χ2n) is 5.57. The fourth-order valence-electron chi connectivity index (χ4n) is 2.81. The van der Waals surface area contributed by atoms with Crippen LogP contribution in [-0.2, 0) is 4.79 Å². The summed E-state index contributed by atoms with van der Waals surface area (Å²) in [5, 5.41) is 0. The standard InChI is InChI=1S/C18H17BrO/c1-12-2-5-14-6-7-15(18(20)17(14)10-12)11-13-3-8-16(19)9-4-13/h3-5,8-12H,2,6-7H2,1H3/b15-11+. The molecule has 2 aliphatic rings. The van der Waals surface area contributed by atoms with E-state index >= 15 is 0 Å². The Morgan fingerprint density at radius 1 is 1.20 bits per heavy atom. The van der Waals surface area contributed by atoms with Crippen LogP contribution in [0.3, 0.4) is 0 Å². The van der Waals surface area contributed by atoms with Crippen molar-refractivity contribution in [2.75, 3.05) is 0 Å². The van der Waals surface area contributed by atoms with E-state index < -0.39 is 0 Å². The predicted molar refractivity (Wildman–Crippen MR) is 86.3 cm³/mol. The van der Waals surface area contributed by atoms with E-state index in [1.165, 1.54) is 5.57 Å². The fraction of sp³-hybridized carbons (Fsp3) is 0.278. The summed E-state index contributed by atoms with van der Waals surface area (Å²) in [6, 6.07) is 8.08.